The fourth-order valence-corrected chi connectivity index (χ4v) is 3.84. The summed E-state index contributed by atoms with van der Waals surface area (Å²) >= 11 is 0. The summed E-state index contributed by atoms with van der Waals surface area (Å²) in [5.74, 6) is -0.213. The Bertz CT molecular complexity index is 879. The molecule has 2 aromatic carbocycles. The number of fused-ring (bicyclic) bond motifs is 1. The summed E-state index contributed by atoms with van der Waals surface area (Å²) in [7, 11) is 1.40. The number of nitrogens with one attached hydrogen (secondary N) is 1. The molecule has 2 aromatic rings. The predicted molar refractivity (Wildman–Crippen MR) is 109 cm³/mol. The largest absolute Gasteiger partial charge is 0.469 e. The number of methoxy groups -OCH3 is 1. The van der Waals surface area contributed by atoms with Gasteiger partial charge in [0.2, 0.25) is 0 Å². The van der Waals surface area contributed by atoms with Crippen molar-refractivity contribution in [2.75, 3.05) is 36.5 Å². The quantitative estimate of drug-likeness (QED) is 0.812. The summed E-state index contributed by atoms with van der Waals surface area (Å²) in [5.41, 5.74) is 5.57. The van der Waals surface area contributed by atoms with E-state index >= 15 is 0 Å². The van der Waals surface area contributed by atoms with Gasteiger partial charge in [-0.3, -0.25) is 14.6 Å². The van der Waals surface area contributed by atoms with Crippen LogP contribution < -0.4 is 15.1 Å². The van der Waals surface area contributed by atoms with Crippen LogP contribution in [-0.2, 0) is 28.9 Å². The van der Waals surface area contributed by atoms with E-state index in [1.807, 2.05) is 40.1 Å². The van der Waals surface area contributed by atoms with Crippen molar-refractivity contribution in [1.82, 2.24) is 5.32 Å². The fourth-order valence-electron chi connectivity index (χ4n) is 3.84. The van der Waals surface area contributed by atoms with E-state index in [4.69, 9.17) is 0 Å². The maximum Gasteiger partial charge on any atom is 0.329 e. The lowest BCUT2D eigenvalue weighted by atomic mass is 10.0. The first-order valence-electron chi connectivity index (χ1n) is 9.73. The van der Waals surface area contributed by atoms with Crippen molar-refractivity contribution >= 4 is 23.4 Å². The monoisotopic (exact) mass is 379 g/mol. The number of carbonyl (C=O) groups excluding carboxylic acids is 2. The molecule has 1 saturated heterocycles. The number of hydrogen-bond donors (Lipinski definition) is 1. The molecule has 0 spiro atoms. The number of hydrogen-bond acceptors (Lipinski definition) is 4. The van der Waals surface area contributed by atoms with Gasteiger partial charge in [0.25, 0.3) is 0 Å². The van der Waals surface area contributed by atoms with Crippen molar-refractivity contribution < 1.29 is 14.3 Å². The van der Waals surface area contributed by atoms with Gasteiger partial charge in [0.15, 0.2) is 0 Å². The topological polar surface area (TPSA) is 61.9 Å². The second-order valence-corrected chi connectivity index (χ2v) is 7.21. The molecule has 6 heteroatoms. The highest BCUT2D eigenvalue weighted by Crippen LogP contribution is 2.28. The molecule has 2 aliphatic rings. The highest BCUT2D eigenvalue weighted by Gasteiger charge is 2.31. The summed E-state index contributed by atoms with van der Waals surface area (Å²) in [6.07, 6.45) is 2.00. The van der Waals surface area contributed by atoms with Gasteiger partial charge in [0, 0.05) is 37.4 Å². The Balaban J connectivity index is 1.45. The third-order valence-corrected chi connectivity index (χ3v) is 5.49. The van der Waals surface area contributed by atoms with Gasteiger partial charge in [-0.1, -0.05) is 18.2 Å². The van der Waals surface area contributed by atoms with E-state index in [0.29, 0.717) is 25.9 Å². The minimum Gasteiger partial charge on any atom is -0.469 e. The van der Waals surface area contributed by atoms with Crippen LogP contribution >= 0.6 is 0 Å². The minimum atomic E-state index is -0.213. The van der Waals surface area contributed by atoms with E-state index in [1.165, 1.54) is 18.2 Å². The maximum atomic E-state index is 13.0. The van der Waals surface area contributed by atoms with Crippen LogP contribution in [0.1, 0.15) is 23.1 Å². The first-order chi connectivity index (χ1) is 13.7. The first kappa shape index (κ1) is 18.5. The number of aryl methyl sites for hydroxylation is 1. The van der Waals surface area contributed by atoms with Crippen LogP contribution in [0.3, 0.4) is 0 Å². The lowest BCUT2D eigenvalue weighted by Gasteiger charge is -2.22. The molecular formula is C22H25N3O3. The van der Waals surface area contributed by atoms with Crippen LogP contribution in [0, 0.1) is 0 Å². The summed E-state index contributed by atoms with van der Waals surface area (Å²) < 4.78 is 4.68. The third kappa shape index (κ3) is 3.73. The molecule has 28 heavy (non-hydrogen) atoms. The Labute approximate surface area is 165 Å². The standard InChI is InChI=1S/C22H25N3O3/c1-28-21(26)9-4-16-2-6-19(7-3-16)24-12-13-25(22(24)27)20-8-5-18-15-23-11-10-17(18)14-20/h2-3,5-8,14,23H,4,9-13,15H2,1H3. The zero-order chi connectivity index (χ0) is 19.5. The van der Waals surface area contributed by atoms with Crippen LogP contribution in [0.5, 0.6) is 0 Å². The van der Waals surface area contributed by atoms with Gasteiger partial charge in [-0.05, 0) is 60.3 Å². The number of esters is 1. The Morgan fingerprint density at radius 3 is 2.50 bits per heavy atom. The number of carbonyl (C=O) groups is 2. The molecule has 0 radical (unpaired) electrons. The second-order valence-electron chi connectivity index (χ2n) is 7.21. The molecule has 2 heterocycles. The Hall–Kier alpha value is -2.86. The molecule has 146 valence electrons. The van der Waals surface area contributed by atoms with Crippen molar-refractivity contribution in [2.24, 2.45) is 0 Å². The number of urea groups is 1. The normalized spacial score (nSPS) is 16.2. The molecule has 2 amide bonds. The summed E-state index contributed by atoms with van der Waals surface area (Å²) in [6, 6.07) is 14.2. The lowest BCUT2D eigenvalue weighted by molar-refractivity contribution is -0.140. The summed E-state index contributed by atoms with van der Waals surface area (Å²) in [5, 5.41) is 3.38. The number of amides is 2. The molecule has 0 saturated carbocycles. The molecule has 1 N–H and O–H groups in total. The van der Waals surface area contributed by atoms with Gasteiger partial charge in [0.05, 0.1) is 7.11 Å². The van der Waals surface area contributed by atoms with E-state index in [2.05, 4.69) is 22.2 Å². The van der Waals surface area contributed by atoms with Gasteiger partial charge in [-0.2, -0.15) is 0 Å². The molecular weight excluding hydrogens is 354 g/mol. The van der Waals surface area contributed by atoms with E-state index in [9.17, 15) is 9.59 Å². The molecule has 0 unspecified atom stereocenters. The molecule has 6 nitrogen and oxygen atoms in total. The van der Waals surface area contributed by atoms with E-state index < -0.39 is 0 Å². The smallest absolute Gasteiger partial charge is 0.329 e. The molecule has 0 aromatic heterocycles. The van der Waals surface area contributed by atoms with Crippen LogP contribution in [-0.4, -0.2) is 38.7 Å². The predicted octanol–water partition coefficient (Wildman–Crippen LogP) is 2.88. The first-order valence-corrected chi connectivity index (χ1v) is 9.73. The minimum absolute atomic E-state index is 0.0104. The van der Waals surface area contributed by atoms with Crippen molar-refractivity contribution in [1.29, 1.82) is 0 Å². The van der Waals surface area contributed by atoms with Gasteiger partial charge < -0.3 is 10.1 Å². The van der Waals surface area contributed by atoms with Gasteiger partial charge in [0.1, 0.15) is 0 Å². The summed E-state index contributed by atoms with van der Waals surface area (Å²) in [4.78, 5) is 27.9. The van der Waals surface area contributed by atoms with E-state index in [1.54, 1.807) is 0 Å². The highest BCUT2D eigenvalue weighted by molar-refractivity contribution is 6.06. The maximum absolute atomic E-state index is 13.0. The molecule has 4 rings (SSSR count). The molecule has 0 aliphatic carbocycles. The Morgan fingerprint density at radius 2 is 1.75 bits per heavy atom. The van der Waals surface area contributed by atoms with Gasteiger partial charge >= 0.3 is 12.0 Å². The number of nitrogens with zero attached hydrogens (tertiary/aromatic N) is 2. The van der Waals surface area contributed by atoms with Gasteiger partial charge in [-0.15, -0.1) is 0 Å². The second kappa shape index (κ2) is 8.02. The SMILES string of the molecule is COC(=O)CCc1ccc(N2CCN(c3ccc4c(c3)CCNC4)C2=O)cc1. The van der Waals surface area contributed by atoms with Crippen molar-refractivity contribution in [3.63, 3.8) is 0 Å². The van der Waals surface area contributed by atoms with Crippen LogP contribution in [0.2, 0.25) is 0 Å². The Kier molecular flexibility index (Phi) is 5.30. The zero-order valence-corrected chi connectivity index (χ0v) is 16.1. The lowest BCUT2D eigenvalue weighted by Crippen LogP contribution is -2.32. The van der Waals surface area contributed by atoms with E-state index in [-0.39, 0.29) is 12.0 Å². The third-order valence-electron chi connectivity index (χ3n) is 5.49. The van der Waals surface area contributed by atoms with Crippen molar-refractivity contribution in [3.8, 4) is 0 Å². The van der Waals surface area contributed by atoms with Crippen molar-refractivity contribution in [2.45, 2.75) is 25.8 Å². The fraction of sp³-hybridized carbons (Fsp3) is 0.364. The molecule has 1 fully saturated rings. The van der Waals surface area contributed by atoms with Crippen LogP contribution in [0.4, 0.5) is 16.2 Å². The van der Waals surface area contributed by atoms with Gasteiger partial charge in [-0.25, -0.2) is 4.79 Å². The summed E-state index contributed by atoms with van der Waals surface area (Å²) in [6.45, 7) is 3.23. The van der Waals surface area contributed by atoms with E-state index in [0.717, 1.165) is 36.4 Å². The van der Waals surface area contributed by atoms with Crippen molar-refractivity contribution in [3.05, 3.63) is 59.2 Å². The number of anilines is 2. The Morgan fingerprint density at radius 1 is 1.04 bits per heavy atom. The van der Waals surface area contributed by atoms with Crippen LogP contribution in [0.15, 0.2) is 42.5 Å². The molecule has 2 aliphatic heterocycles. The average molecular weight is 379 g/mol. The highest BCUT2D eigenvalue weighted by atomic mass is 16.5. The number of rotatable bonds is 5. The average Bonchev–Trinajstić information content (AvgIpc) is 3.13. The molecule has 0 atom stereocenters. The number of ether oxygens (including phenoxy) is 1. The molecule has 0 bridgehead atoms. The zero-order valence-electron chi connectivity index (χ0n) is 16.1. The van der Waals surface area contributed by atoms with Crippen LogP contribution in [0.25, 0.3) is 0 Å². The number of benzene rings is 2.